The first-order chi connectivity index (χ1) is 9.40. The molecule has 1 aromatic carbocycles. The van der Waals surface area contributed by atoms with E-state index < -0.39 is 0 Å². The number of nitrogens with one attached hydrogen (secondary N) is 1. The van der Waals surface area contributed by atoms with E-state index in [9.17, 15) is 0 Å². The summed E-state index contributed by atoms with van der Waals surface area (Å²) in [5.74, 6) is 1.06. The predicted molar refractivity (Wildman–Crippen MR) is 79.6 cm³/mol. The molecule has 1 aliphatic heterocycles. The van der Waals surface area contributed by atoms with E-state index in [2.05, 4.69) is 41.4 Å². The third kappa shape index (κ3) is 4.84. The van der Waals surface area contributed by atoms with Crippen molar-refractivity contribution < 1.29 is 4.74 Å². The van der Waals surface area contributed by atoms with E-state index in [1.807, 2.05) is 0 Å². The maximum Gasteiger partial charge on any atom is 0.123 e. The SMILES string of the molecule is CCCCOc1ccccc1CN1CCCNCC1. The monoisotopic (exact) mass is 262 g/mol. The van der Waals surface area contributed by atoms with Crippen LogP contribution in [0.1, 0.15) is 31.7 Å². The lowest BCUT2D eigenvalue weighted by Crippen LogP contribution is -2.27. The highest BCUT2D eigenvalue weighted by Crippen LogP contribution is 2.20. The van der Waals surface area contributed by atoms with Crippen LogP contribution < -0.4 is 10.1 Å². The van der Waals surface area contributed by atoms with Crippen molar-refractivity contribution in [2.24, 2.45) is 0 Å². The molecule has 0 aliphatic carbocycles. The Balaban J connectivity index is 1.93. The molecule has 3 heteroatoms. The topological polar surface area (TPSA) is 24.5 Å². The Morgan fingerprint density at radius 1 is 1.21 bits per heavy atom. The Morgan fingerprint density at radius 2 is 2.11 bits per heavy atom. The molecule has 0 aromatic heterocycles. The summed E-state index contributed by atoms with van der Waals surface area (Å²) >= 11 is 0. The molecule has 0 spiro atoms. The summed E-state index contributed by atoms with van der Waals surface area (Å²) in [5.41, 5.74) is 1.32. The van der Waals surface area contributed by atoms with Gasteiger partial charge in [-0.15, -0.1) is 0 Å². The number of ether oxygens (including phenoxy) is 1. The zero-order chi connectivity index (χ0) is 13.3. The summed E-state index contributed by atoms with van der Waals surface area (Å²) in [5, 5.41) is 3.45. The third-order valence-corrected chi connectivity index (χ3v) is 3.55. The van der Waals surface area contributed by atoms with Gasteiger partial charge in [-0.3, -0.25) is 4.90 Å². The van der Waals surface area contributed by atoms with Crippen LogP contribution in [0.3, 0.4) is 0 Å². The average molecular weight is 262 g/mol. The smallest absolute Gasteiger partial charge is 0.123 e. The number of benzene rings is 1. The molecule has 1 N–H and O–H groups in total. The molecule has 1 aromatic rings. The summed E-state index contributed by atoms with van der Waals surface area (Å²) in [4.78, 5) is 2.52. The zero-order valence-electron chi connectivity index (χ0n) is 12.0. The normalized spacial score (nSPS) is 17.1. The maximum atomic E-state index is 5.91. The van der Waals surface area contributed by atoms with E-state index >= 15 is 0 Å². The molecule has 106 valence electrons. The van der Waals surface area contributed by atoms with E-state index in [-0.39, 0.29) is 0 Å². The molecule has 2 rings (SSSR count). The van der Waals surface area contributed by atoms with E-state index in [1.165, 1.54) is 24.9 Å². The van der Waals surface area contributed by atoms with Crippen molar-refractivity contribution >= 4 is 0 Å². The molecule has 0 radical (unpaired) electrons. The van der Waals surface area contributed by atoms with Gasteiger partial charge in [-0.1, -0.05) is 31.5 Å². The lowest BCUT2D eigenvalue weighted by Gasteiger charge is -2.21. The van der Waals surface area contributed by atoms with E-state index in [0.717, 1.165) is 45.0 Å². The molecular formula is C16H26N2O. The minimum atomic E-state index is 0.828. The van der Waals surface area contributed by atoms with Gasteiger partial charge in [0.1, 0.15) is 5.75 Å². The Kier molecular flexibility index (Phi) is 6.18. The highest BCUT2D eigenvalue weighted by molar-refractivity contribution is 5.33. The van der Waals surface area contributed by atoms with Gasteiger partial charge >= 0.3 is 0 Å². The van der Waals surface area contributed by atoms with E-state index in [1.54, 1.807) is 0 Å². The van der Waals surface area contributed by atoms with Gasteiger partial charge in [-0.2, -0.15) is 0 Å². The molecule has 19 heavy (non-hydrogen) atoms. The molecule has 3 nitrogen and oxygen atoms in total. The Morgan fingerprint density at radius 3 is 3.00 bits per heavy atom. The number of hydrogen-bond donors (Lipinski definition) is 1. The molecule has 0 unspecified atom stereocenters. The number of rotatable bonds is 6. The van der Waals surface area contributed by atoms with Gasteiger partial charge in [0.25, 0.3) is 0 Å². The first-order valence-corrected chi connectivity index (χ1v) is 7.54. The second-order valence-electron chi connectivity index (χ2n) is 5.19. The van der Waals surface area contributed by atoms with Crippen LogP contribution in [-0.4, -0.2) is 37.7 Å². The molecule has 1 heterocycles. The van der Waals surface area contributed by atoms with E-state index in [4.69, 9.17) is 4.74 Å². The van der Waals surface area contributed by atoms with Crippen molar-refractivity contribution in [1.82, 2.24) is 10.2 Å². The predicted octanol–water partition coefficient (Wildman–Crippen LogP) is 2.66. The fourth-order valence-corrected chi connectivity index (χ4v) is 2.40. The second-order valence-corrected chi connectivity index (χ2v) is 5.19. The minimum Gasteiger partial charge on any atom is -0.493 e. The molecular weight excluding hydrogens is 236 g/mol. The molecule has 1 saturated heterocycles. The summed E-state index contributed by atoms with van der Waals surface area (Å²) < 4.78 is 5.91. The molecule has 1 aliphatic rings. The molecule has 1 fully saturated rings. The summed E-state index contributed by atoms with van der Waals surface area (Å²) in [6, 6.07) is 8.47. The van der Waals surface area contributed by atoms with Crippen LogP contribution in [0, 0.1) is 0 Å². The fourth-order valence-electron chi connectivity index (χ4n) is 2.40. The van der Waals surface area contributed by atoms with Crippen molar-refractivity contribution in [1.29, 1.82) is 0 Å². The van der Waals surface area contributed by atoms with Gasteiger partial charge in [0.2, 0.25) is 0 Å². The summed E-state index contributed by atoms with van der Waals surface area (Å²) in [7, 11) is 0. The first-order valence-electron chi connectivity index (χ1n) is 7.54. The Bertz CT molecular complexity index is 360. The summed E-state index contributed by atoms with van der Waals surface area (Å²) in [6.07, 6.45) is 3.54. The van der Waals surface area contributed by atoms with Crippen molar-refractivity contribution in [3.05, 3.63) is 29.8 Å². The number of unbranched alkanes of at least 4 members (excludes halogenated alkanes) is 1. The van der Waals surface area contributed by atoms with Crippen LogP contribution in [-0.2, 0) is 6.54 Å². The molecule has 0 atom stereocenters. The second kappa shape index (κ2) is 8.18. The fraction of sp³-hybridized carbons (Fsp3) is 0.625. The van der Waals surface area contributed by atoms with Crippen LogP contribution in [0.5, 0.6) is 5.75 Å². The number of nitrogens with zero attached hydrogens (tertiary/aromatic N) is 1. The number of para-hydroxylation sites is 1. The van der Waals surface area contributed by atoms with E-state index in [0.29, 0.717) is 0 Å². The van der Waals surface area contributed by atoms with Gasteiger partial charge in [-0.05, 0) is 32.0 Å². The van der Waals surface area contributed by atoms with Crippen LogP contribution in [0.4, 0.5) is 0 Å². The van der Waals surface area contributed by atoms with Crippen LogP contribution >= 0.6 is 0 Å². The van der Waals surface area contributed by atoms with Crippen LogP contribution in [0.25, 0.3) is 0 Å². The van der Waals surface area contributed by atoms with Gasteiger partial charge < -0.3 is 10.1 Å². The average Bonchev–Trinajstić information content (AvgIpc) is 2.70. The molecule has 0 amide bonds. The van der Waals surface area contributed by atoms with Gasteiger partial charge in [0.15, 0.2) is 0 Å². The zero-order valence-corrected chi connectivity index (χ0v) is 12.0. The summed E-state index contributed by atoms with van der Waals surface area (Å²) in [6.45, 7) is 8.57. The highest BCUT2D eigenvalue weighted by atomic mass is 16.5. The van der Waals surface area contributed by atoms with Crippen LogP contribution in [0.15, 0.2) is 24.3 Å². The largest absolute Gasteiger partial charge is 0.493 e. The quantitative estimate of drug-likeness (QED) is 0.798. The van der Waals surface area contributed by atoms with Crippen molar-refractivity contribution in [3.63, 3.8) is 0 Å². The van der Waals surface area contributed by atoms with Crippen LogP contribution in [0.2, 0.25) is 0 Å². The van der Waals surface area contributed by atoms with Crippen molar-refractivity contribution in [2.75, 3.05) is 32.8 Å². The van der Waals surface area contributed by atoms with Gasteiger partial charge in [-0.25, -0.2) is 0 Å². The Hall–Kier alpha value is -1.06. The molecule has 0 bridgehead atoms. The van der Waals surface area contributed by atoms with Gasteiger partial charge in [0, 0.05) is 25.2 Å². The standard InChI is InChI=1S/C16H26N2O/c1-2-3-13-19-16-8-5-4-7-15(16)14-18-11-6-9-17-10-12-18/h4-5,7-8,17H,2-3,6,9-14H2,1H3. The number of hydrogen-bond acceptors (Lipinski definition) is 3. The minimum absolute atomic E-state index is 0.828. The highest BCUT2D eigenvalue weighted by Gasteiger charge is 2.11. The van der Waals surface area contributed by atoms with Crippen molar-refractivity contribution in [2.45, 2.75) is 32.7 Å². The lowest BCUT2D eigenvalue weighted by atomic mass is 10.2. The first kappa shape index (κ1) is 14.4. The maximum absolute atomic E-state index is 5.91. The van der Waals surface area contributed by atoms with Crippen molar-refractivity contribution in [3.8, 4) is 5.75 Å². The van der Waals surface area contributed by atoms with Gasteiger partial charge in [0.05, 0.1) is 6.61 Å². The lowest BCUT2D eigenvalue weighted by molar-refractivity contribution is 0.267. The Labute approximate surface area is 116 Å². The molecule has 0 saturated carbocycles. The third-order valence-electron chi connectivity index (χ3n) is 3.55.